The zero-order chi connectivity index (χ0) is 19.7. The number of benzene rings is 2. The summed E-state index contributed by atoms with van der Waals surface area (Å²) >= 11 is 0. The molecule has 2 aromatic rings. The van der Waals surface area contributed by atoms with Gasteiger partial charge in [-0.25, -0.2) is 13.2 Å². The number of rotatable bonds is 6. The lowest BCUT2D eigenvalue weighted by atomic mass is 9.77. The van der Waals surface area contributed by atoms with E-state index in [1.807, 2.05) is 24.3 Å². The van der Waals surface area contributed by atoms with Gasteiger partial charge in [-0.15, -0.1) is 0 Å². The van der Waals surface area contributed by atoms with E-state index in [4.69, 9.17) is 4.74 Å². The molecule has 1 saturated heterocycles. The molecule has 0 N–H and O–H groups in total. The van der Waals surface area contributed by atoms with E-state index in [9.17, 15) is 13.2 Å². The van der Waals surface area contributed by atoms with E-state index in [1.165, 1.54) is 44.1 Å². The Morgan fingerprint density at radius 1 is 1.00 bits per heavy atom. The lowest BCUT2D eigenvalue weighted by molar-refractivity contribution is 0.146. The normalized spacial score (nSPS) is 24.5. The standard InChI is InChI=1S/C24H27F3O/c1-2-3-15-4-6-16(7-5-15)17-8-10-18(11-9-17)19-12-13-20(21-14-28-21)23(25)22(19)24(26)27/h8-13,15-16,21,24H,2-7,14H2,1H3. The molecule has 150 valence electrons. The van der Waals surface area contributed by atoms with E-state index in [0.717, 1.165) is 5.92 Å². The number of epoxide rings is 1. The van der Waals surface area contributed by atoms with Gasteiger partial charge in [0.15, 0.2) is 0 Å². The summed E-state index contributed by atoms with van der Waals surface area (Å²) in [5.74, 6) is 0.572. The highest BCUT2D eigenvalue weighted by atomic mass is 19.3. The lowest BCUT2D eigenvalue weighted by Gasteiger charge is -2.28. The Kier molecular flexibility index (Phi) is 5.77. The zero-order valence-corrected chi connectivity index (χ0v) is 16.3. The van der Waals surface area contributed by atoms with Crippen molar-refractivity contribution in [3.05, 3.63) is 58.9 Å². The van der Waals surface area contributed by atoms with Gasteiger partial charge in [0.25, 0.3) is 6.43 Å². The Morgan fingerprint density at radius 2 is 1.68 bits per heavy atom. The van der Waals surface area contributed by atoms with Crippen LogP contribution in [-0.4, -0.2) is 6.61 Å². The van der Waals surface area contributed by atoms with Crippen molar-refractivity contribution in [3.63, 3.8) is 0 Å². The van der Waals surface area contributed by atoms with Crippen LogP contribution in [0.1, 0.15) is 80.6 Å². The minimum atomic E-state index is -2.86. The number of hydrogen-bond donors (Lipinski definition) is 0. The summed E-state index contributed by atoms with van der Waals surface area (Å²) < 4.78 is 47.0. The van der Waals surface area contributed by atoms with Gasteiger partial charge in [0.05, 0.1) is 12.2 Å². The Morgan fingerprint density at radius 3 is 2.25 bits per heavy atom. The Hall–Kier alpha value is -1.81. The predicted octanol–water partition coefficient (Wildman–Crippen LogP) is 7.58. The predicted molar refractivity (Wildman–Crippen MR) is 105 cm³/mol. The number of alkyl halides is 2. The smallest absolute Gasteiger partial charge is 0.267 e. The van der Waals surface area contributed by atoms with Crippen molar-refractivity contribution < 1.29 is 17.9 Å². The summed E-state index contributed by atoms with van der Waals surface area (Å²) in [6, 6.07) is 11.0. The topological polar surface area (TPSA) is 12.5 Å². The summed E-state index contributed by atoms with van der Waals surface area (Å²) in [4.78, 5) is 0. The van der Waals surface area contributed by atoms with Crippen LogP contribution < -0.4 is 0 Å². The van der Waals surface area contributed by atoms with Gasteiger partial charge in [-0.2, -0.15) is 0 Å². The third-order valence-corrected chi connectivity index (χ3v) is 6.34. The van der Waals surface area contributed by atoms with Gasteiger partial charge in [0, 0.05) is 5.56 Å². The molecule has 4 heteroatoms. The molecule has 0 spiro atoms. The number of hydrogen-bond acceptors (Lipinski definition) is 1. The number of halogens is 3. The molecular weight excluding hydrogens is 361 g/mol. The lowest BCUT2D eigenvalue weighted by Crippen LogP contribution is -2.13. The molecule has 0 radical (unpaired) electrons. The molecule has 0 amide bonds. The quantitative estimate of drug-likeness (QED) is 0.465. The SMILES string of the molecule is CCCC1CCC(c2ccc(-c3ccc(C4CO4)c(F)c3C(F)F)cc2)CC1. The average Bonchev–Trinajstić information content (AvgIpc) is 3.53. The zero-order valence-electron chi connectivity index (χ0n) is 16.3. The molecule has 2 aromatic carbocycles. The molecule has 2 aliphatic rings. The second-order valence-electron chi connectivity index (χ2n) is 8.18. The fourth-order valence-corrected chi connectivity index (χ4v) is 4.68. The summed E-state index contributed by atoms with van der Waals surface area (Å²) in [7, 11) is 0. The second kappa shape index (κ2) is 8.28. The summed E-state index contributed by atoms with van der Waals surface area (Å²) in [6.07, 6.45) is 4.25. The van der Waals surface area contributed by atoms with Crippen LogP contribution in [0.2, 0.25) is 0 Å². The largest absolute Gasteiger partial charge is 0.368 e. The van der Waals surface area contributed by atoms with Crippen LogP contribution in [-0.2, 0) is 4.74 Å². The Balaban J connectivity index is 1.55. The monoisotopic (exact) mass is 388 g/mol. The maximum absolute atomic E-state index is 14.7. The first kappa shape index (κ1) is 19.5. The van der Waals surface area contributed by atoms with Crippen LogP contribution in [0.5, 0.6) is 0 Å². The second-order valence-corrected chi connectivity index (χ2v) is 8.18. The minimum absolute atomic E-state index is 0.236. The molecule has 1 aliphatic heterocycles. The third-order valence-electron chi connectivity index (χ3n) is 6.34. The molecule has 1 unspecified atom stereocenters. The van der Waals surface area contributed by atoms with Crippen LogP contribution in [0.25, 0.3) is 11.1 Å². The van der Waals surface area contributed by atoms with Crippen LogP contribution in [0.4, 0.5) is 13.2 Å². The molecule has 28 heavy (non-hydrogen) atoms. The maximum Gasteiger partial charge on any atom is 0.267 e. The van der Waals surface area contributed by atoms with E-state index in [1.54, 1.807) is 12.1 Å². The van der Waals surface area contributed by atoms with Crippen molar-refractivity contribution in [2.75, 3.05) is 6.61 Å². The molecule has 0 aromatic heterocycles. The molecule has 4 rings (SSSR count). The van der Waals surface area contributed by atoms with Crippen molar-refractivity contribution in [1.82, 2.24) is 0 Å². The average molecular weight is 388 g/mol. The first-order chi connectivity index (χ1) is 13.6. The summed E-state index contributed by atoms with van der Waals surface area (Å²) in [6.45, 7) is 2.64. The van der Waals surface area contributed by atoms with Crippen molar-refractivity contribution in [1.29, 1.82) is 0 Å². The van der Waals surface area contributed by atoms with Crippen LogP contribution >= 0.6 is 0 Å². The van der Waals surface area contributed by atoms with Crippen LogP contribution in [0, 0.1) is 11.7 Å². The van der Waals surface area contributed by atoms with Crippen LogP contribution in [0.3, 0.4) is 0 Å². The highest BCUT2D eigenvalue weighted by molar-refractivity contribution is 5.69. The summed E-state index contributed by atoms with van der Waals surface area (Å²) in [5, 5.41) is 0. The van der Waals surface area contributed by atoms with E-state index < -0.39 is 17.8 Å². The van der Waals surface area contributed by atoms with E-state index in [-0.39, 0.29) is 17.2 Å². The highest BCUT2D eigenvalue weighted by Gasteiger charge is 2.32. The molecule has 1 nitrogen and oxygen atoms in total. The van der Waals surface area contributed by atoms with Gasteiger partial charge in [0.2, 0.25) is 0 Å². The molecule has 1 saturated carbocycles. The highest BCUT2D eigenvalue weighted by Crippen LogP contribution is 2.41. The summed E-state index contributed by atoms with van der Waals surface area (Å²) in [5.41, 5.74) is 1.90. The van der Waals surface area contributed by atoms with Gasteiger partial charge in [-0.05, 0) is 54.2 Å². The van der Waals surface area contributed by atoms with Gasteiger partial charge in [-0.1, -0.05) is 56.2 Å². The molecule has 1 aliphatic carbocycles. The maximum atomic E-state index is 14.7. The van der Waals surface area contributed by atoms with E-state index in [0.29, 0.717) is 18.1 Å². The van der Waals surface area contributed by atoms with Gasteiger partial charge < -0.3 is 4.74 Å². The van der Waals surface area contributed by atoms with Crippen molar-refractivity contribution >= 4 is 0 Å². The fourth-order valence-electron chi connectivity index (χ4n) is 4.68. The van der Waals surface area contributed by atoms with Crippen LogP contribution in [0.15, 0.2) is 36.4 Å². The van der Waals surface area contributed by atoms with Gasteiger partial charge in [-0.3, -0.25) is 0 Å². The van der Waals surface area contributed by atoms with Gasteiger partial charge in [0.1, 0.15) is 11.9 Å². The molecule has 0 bridgehead atoms. The minimum Gasteiger partial charge on any atom is -0.368 e. The van der Waals surface area contributed by atoms with E-state index in [2.05, 4.69) is 6.92 Å². The molecule has 1 heterocycles. The number of ether oxygens (including phenoxy) is 1. The van der Waals surface area contributed by atoms with Crippen molar-refractivity contribution in [2.24, 2.45) is 5.92 Å². The first-order valence-corrected chi connectivity index (χ1v) is 10.4. The van der Waals surface area contributed by atoms with Crippen molar-refractivity contribution in [3.8, 4) is 11.1 Å². The first-order valence-electron chi connectivity index (χ1n) is 10.4. The van der Waals surface area contributed by atoms with Crippen molar-refractivity contribution in [2.45, 2.75) is 63.9 Å². The molecule has 2 fully saturated rings. The van der Waals surface area contributed by atoms with Gasteiger partial charge >= 0.3 is 0 Å². The Bertz CT molecular complexity index is 803. The molecule has 1 atom stereocenters. The fraction of sp³-hybridized carbons (Fsp3) is 0.500. The molecular formula is C24H27F3O. The third kappa shape index (κ3) is 3.98. The van der Waals surface area contributed by atoms with E-state index >= 15 is 0 Å². The Labute approximate surface area is 164 Å².